The maximum Gasteiger partial charge on any atom is 0.326 e. The zero-order valence-corrected chi connectivity index (χ0v) is 24.2. The molecule has 0 bridgehead atoms. The number of carbonyl (C=O) groups is 4. The maximum atomic E-state index is 13.2. The van der Waals surface area contributed by atoms with Gasteiger partial charge in [0.15, 0.2) is 11.9 Å². The van der Waals surface area contributed by atoms with Gasteiger partial charge in [-0.15, -0.1) is 0 Å². The number of amides is 3. The van der Waals surface area contributed by atoms with Crippen molar-refractivity contribution in [2.24, 2.45) is 38.7 Å². The van der Waals surface area contributed by atoms with E-state index in [0.29, 0.717) is 37.2 Å². The minimum Gasteiger partial charge on any atom is -0.480 e. The van der Waals surface area contributed by atoms with Crippen molar-refractivity contribution in [1.29, 1.82) is 0 Å². The van der Waals surface area contributed by atoms with Crippen molar-refractivity contribution < 1.29 is 24.3 Å². The number of carbonyl (C=O) groups excluding carboxylic acids is 3. The van der Waals surface area contributed by atoms with E-state index in [-0.39, 0.29) is 37.9 Å². The molecule has 39 heavy (non-hydrogen) atoms. The van der Waals surface area contributed by atoms with Gasteiger partial charge < -0.3 is 49.7 Å². The van der Waals surface area contributed by atoms with Gasteiger partial charge in [-0.05, 0) is 62.5 Å². The summed E-state index contributed by atoms with van der Waals surface area (Å²) in [7, 11) is 0. The summed E-state index contributed by atoms with van der Waals surface area (Å²) in [6.45, 7) is 0.385. The van der Waals surface area contributed by atoms with E-state index in [0.717, 1.165) is 0 Å². The van der Waals surface area contributed by atoms with E-state index in [9.17, 15) is 24.3 Å². The average Bonchev–Trinajstić information content (AvgIpc) is 2.87. The number of nitrogens with zero attached hydrogens (tertiary/aromatic N) is 2. The number of hydrogen-bond acceptors (Lipinski definition) is 9. The van der Waals surface area contributed by atoms with Crippen LogP contribution < -0.4 is 44.6 Å². The number of rotatable bonds is 21. The van der Waals surface area contributed by atoms with Crippen LogP contribution >= 0.6 is 23.5 Å². The summed E-state index contributed by atoms with van der Waals surface area (Å²) in [4.78, 5) is 58.3. The average molecular weight is 593 g/mol. The van der Waals surface area contributed by atoms with Crippen molar-refractivity contribution in [2.45, 2.75) is 62.7 Å². The Morgan fingerprint density at radius 2 is 1.10 bits per heavy atom. The fourth-order valence-electron chi connectivity index (χ4n) is 3.24. The van der Waals surface area contributed by atoms with Gasteiger partial charge in [0.05, 0.1) is 6.04 Å². The third kappa shape index (κ3) is 17.3. The molecule has 0 aliphatic rings. The van der Waals surface area contributed by atoms with Crippen LogP contribution in [-0.2, 0) is 19.2 Å². The monoisotopic (exact) mass is 592 g/mol. The van der Waals surface area contributed by atoms with E-state index in [1.165, 1.54) is 11.8 Å². The Morgan fingerprint density at radius 3 is 1.56 bits per heavy atom. The first-order valence-electron chi connectivity index (χ1n) is 12.4. The molecule has 0 aromatic heterocycles. The number of nitrogens with two attached hydrogens (primary N) is 5. The second-order valence-corrected chi connectivity index (χ2v) is 10.6. The van der Waals surface area contributed by atoms with E-state index in [4.69, 9.17) is 28.7 Å². The van der Waals surface area contributed by atoms with E-state index in [1.807, 2.05) is 12.5 Å². The number of thioether (sulfide) groups is 2. The Morgan fingerprint density at radius 1 is 0.692 bits per heavy atom. The summed E-state index contributed by atoms with van der Waals surface area (Å²) in [5.41, 5.74) is 27.2. The first kappa shape index (κ1) is 36.1. The van der Waals surface area contributed by atoms with Crippen LogP contribution in [0, 0.1) is 0 Å². The maximum absolute atomic E-state index is 13.2. The Labute approximate surface area is 237 Å². The molecule has 224 valence electrons. The summed E-state index contributed by atoms with van der Waals surface area (Å²) in [6.07, 6.45) is 5.31. The fraction of sp³-hybridized carbons (Fsp3) is 0.727. The summed E-state index contributed by atoms with van der Waals surface area (Å²) in [5.74, 6) is -1.99. The molecule has 0 radical (unpaired) electrons. The number of carboxylic acids is 1. The molecule has 0 spiro atoms. The Balaban J connectivity index is 5.58. The highest BCUT2D eigenvalue weighted by atomic mass is 32.2. The predicted molar refractivity (Wildman–Crippen MR) is 157 cm³/mol. The van der Waals surface area contributed by atoms with Gasteiger partial charge >= 0.3 is 5.97 Å². The molecule has 0 saturated heterocycles. The molecule has 3 amide bonds. The van der Waals surface area contributed by atoms with Gasteiger partial charge in [0.25, 0.3) is 0 Å². The molecule has 4 unspecified atom stereocenters. The van der Waals surface area contributed by atoms with Gasteiger partial charge in [-0.2, -0.15) is 23.5 Å². The van der Waals surface area contributed by atoms with Crippen molar-refractivity contribution in [3.63, 3.8) is 0 Å². The van der Waals surface area contributed by atoms with Gasteiger partial charge in [-0.25, -0.2) is 4.79 Å². The Hall–Kier alpha value is -2.92. The van der Waals surface area contributed by atoms with Crippen molar-refractivity contribution in [3.8, 4) is 0 Å². The lowest BCUT2D eigenvalue weighted by atomic mass is 10.1. The second kappa shape index (κ2) is 21.0. The molecule has 0 aliphatic carbocycles. The summed E-state index contributed by atoms with van der Waals surface area (Å²) >= 11 is 3.04. The van der Waals surface area contributed by atoms with Crippen LogP contribution in [0.25, 0.3) is 0 Å². The topological polar surface area (TPSA) is 279 Å². The van der Waals surface area contributed by atoms with Crippen LogP contribution in [0.5, 0.6) is 0 Å². The molecule has 0 saturated carbocycles. The largest absolute Gasteiger partial charge is 0.480 e. The smallest absolute Gasteiger partial charge is 0.326 e. The Bertz CT molecular complexity index is 838. The Kier molecular flexibility index (Phi) is 19.4. The van der Waals surface area contributed by atoms with Crippen LogP contribution in [0.4, 0.5) is 0 Å². The van der Waals surface area contributed by atoms with E-state index in [2.05, 4.69) is 25.9 Å². The standard InChI is InChI=1S/C22H44N10O5S2/c1-38-11-7-13(23)17(33)30-15(8-12-39-2)19(35)31-14(5-3-9-28-21(24)25)18(34)32-16(20(36)37)6-4-10-29-22(26)27/h13-16H,3-12,23H2,1-2H3,(H,30,33)(H,31,35)(H,32,34)(H,36,37)(H4,24,25,28)(H4,26,27,29). The third-order valence-corrected chi connectivity index (χ3v) is 6.64. The number of hydrogen-bond donors (Lipinski definition) is 9. The van der Waals surface area contributed by atoms with Gasteiger partial charge in [0, 0.05) is 13.1 Å². The number of guanidine groups is 2. The number of carboxylic acid groups (broad SMARTS) is 1. The van der Waals surface area contributed by atoms with Crippen LogP contribution in [0.1, 0.15) is 38.5 Å². The van der Waals surface area contributed by atoms with Crippen molar-refractivity contribution in [2.75, 3.05) is 37.1 Å². The first-order valence-corrected chi connectivity index (χ1v) is 15.2. The molecule has 0 fully saturated rings. The molecule has 0 aliphatic heterocycles. The fourth-order valence-corrected chi connectivity index (χ4v) is 4.20. The minimum atomic E-state index is -1.25. The summed E-state index contributed by atoms with van der Waals surface area (Å²) < 4.78 is 0. The molecule has 17 heteroatoms. The number of aliphatic carboxylic acids is 1. The third-order valence-electron chi connectivity index (χ3n) is 5.35. The lowest BCUT2D eigenvalue weighted by molar-refractivity contribution is -0.142. The zero-order valence-electron chi connectivity index (χ0n) is 22.6. The van der Waals surface area contributed by atoms with Crippen molar-refractivity contribution in [3.05, 3.63) is 0 Å². The number of aliphatic imine (C=N–C) groups is 2. The highest BCUT2D eigenvalue weighted by molar-refractivity contribution is 7.98. The van der Waals surface area contributed by atoms with Crippen LogP contribution in [0.2, 0.25) is 0 Å². The quantitative estimate of drug-likeness (QED) is 0.0379. The van der Waals surface area contributed by atoms with Gasteiger partial charge in [0.2, 0.25) is 17.7 Å². The molecular formula is C22H44N10O5S2. The van der Waals surface area contributed by atoms with Crippen LogP contribution in [0.3, 0.4) is 0 Å². The zero-order chi connectivity index (χ0) is 29.8. The first-order chi connectivity index (χ1) is 18.4. The highest BCUT2D eigenvalue weighted by Crippen LogP contribution is 2.07. The lowest BCUT2D eigenvalue weighted by Gasteiger charge is -2.25. The second-order valence-electron chi connectivity index (χ2n) is 8.59. The molecule has 15 nitrogen and oxygen atoms in total. The van der Waals surface area contributed by atoms with Gasteiger partial charge in [0.1, 0.15) is 18.1 Å². The SMILES string of the molecule is CSCCC(N)C(=O)NC(CCSC)C(=O)NC(CCCN=C(N)N)C(=O)NC(CCCN=C(N)N)C(=O)O. The summed E-state index contributed by atoms with van der Waals surface area (Å²) in [6, 6.07) is -4.06. The van der Waals surface area contributed by atoms with Crippen molar-refractivity contribution >= 4 is 59.1 Å². The molecule has 4 atom stereocenters. The molecule has 0 aromatic rings. The predicted octanol–water partition coefficient (Wildman–Crippen LogP) is -2.53. The molecular weight excluding hydrogens is 548 g/mol. The summed E-state index contributed by atoms with van der Waals surface area (Å²) in [5, 5.41) is 17.4. The highest BCUT2D eigenvalue weighted by Gasteiger charge is 2.30. The van der Waals surface area contributed by atoms with Crippen molar-refractivity contribution in [1.82, 2.24) is 16.0 Å². The normalized spacial score (nSPS) is 13.7. The molecule has 0 heterocycles. The van der Waals surface area contributed by atoms with Gasteiger partial charge in [-0.3, -0.25) is 24.4 Å². The van der Waals surface area contributed by atoms with Crippen LogP contribution in [0.15, 0.2) is 9.98 Å². The molecule has 0 rings (SSSR count). The lowest BCUT2D eigenvalue weighted by Crippen LogP contribution is -2.57. The molecule has 14 N–H and O–H groups in total. The number of nitrogens with one attached hydrogen (secondary N) is 3. The van der Waals surface area contributed by atoms with E-state index >= 15 is 0 Å². The van der Waals surface area contributed by atoms with Crippen LogP contribution in [-0.4, -0.2) is 102 Å². The van der Waals surface area contributed by atoms with Gasteiger partial charge in [-0.1, -0.05) is 0 Å². The minimum absolute atomic E-state index is 0.0624. The van der Waals surface area contributed by atoms with E-state index in [1.54, 1.807) is 11.8 Å². The molecule has 0 aromatic carbocycles. The van der Waals surface area contributed by atoms with E-state index < -0.39 is 47.9 Å².